The van der Waals surface area contributed by atoms with Crippen molar-refractivity contribution >= 4 is 11.7 Å². The number of hydrogen-bond donors (Lipinski definition) is 1. The van der Waals surface area contributed by atoms with Crippen molar-refractivity contribution in [1.82, 2.24) is 19.9 Å². The van der Waals surface area contributed by atoms with E-state index in [1.54, 1.807) is 24.3 Å². The minimum Gasteiger partial charge on any atom is -0.369 e. The van der Waals surface area contributed by atoms with Crippen molar-refractivity contribution in [3.63, 3.8) is 0 Å². The van der Waals surface area contributed by atoms with E-state index in [0.29, 0.717) is 18.1 Å². The standard InChI is InChI=1S/C14H17N5O/c1-3-16-13-9-15-8-12(18-13)14(20)19(2)10-11-6-4-5-7-17-11/h4-9H,3,10H2,1-2H3,(H,16,18). The van der Waals surface area contributed by atoms with Crippen LogP contribution in [0.4, 0.5) is 5.82 Å². The molecule has 0 saturated carbocycles. The molecule has 0 saturated heterocycles. The lowest BCUT2D eigenvalue weighted by Gasteiger charge is -2.16. The summed E-state index contributed by atoms with van der Waals surface area (Å²) in [6.45, 7) is 3.13. The number of nitrogens with zero attached hydrogens (tertiary/aromatic N) is 4. The van der Waals surface area contributed by atoms with E-state index in [4.69, 9.17) is 0 Å². The molecule has 0 spiro atoms. The first-order valence-corrected chi connectivity index (χ1v) is 6.42. The summed E-state index contributed by atoms with van der Waals surface area (Å²) in [5.41, 5.74) is 1.15. The second kappa shape index (κ2) is 6.60. The SMILES string of the molecule is CCNc1cncc(C(=O)N(C)Cc2ccccn2)n1. The van der Waals surface area contributed by atoms with Crippen molar-refractivity contribution < 1.29 is 4.79 Å². The molecule has 2 heterocycles. The molecule has 1 N–H and O–H groups in total. The predicted molar refractivity (Wildman–Crippen MR) is 76.2 cm³/mol. The largest absolute Gasteiger partial charge is 0.369 e. The van der Waals surface area contributed by atoms with Crippen LogP contribution in [0.15, 0.2) is 36.8 Å². The van der Waals surface area contributed by atoms with Gasteiger partial charge in [-0.2, -0.15) is 0 Å². The van der Waals surface area contributed by atoms with Crippen LogP contribution in [-0.2, 0) is 6.54 Å². The minimum atomic E-state index is -0.178. The second-order valence-electron chi connectivity index (χ2n) is 4.30. The van der Waals surface area contributed by atoms with Crippen LogP contribution in [-0.4, -0.2) is 39.4 Å². The molecule has 2 rings (SSSR count). The van der Waals surface area contributed by atoms with Crippen molar-refractivity contribution in [2.45, 2.75) is 13.5 Å². The van der Waals surface area contributed by atoms with Gasteiger partial charge in [-0.1, -0.05) is 6.07 Å². The molecule has 0 aliphatic carbocycles. The molecule has 0 atom stereocenters. The predicted octanol–water partition coefficient (Wildman–Crippen LogP) is 1.58. The van der Waals surface area contributed by atoms with E-state index in [2.05, 4.69) is 20.3 Å². The zero-order chi connectivity index (χ0) is 14.4. The highest BCUT2D eigenvalue weighted by atomic mass is 16.2. The van der Waals surface area contributed by atoms with Crippen molar-refractivity contribution in [2.24, 2.45) is 0 Å². The molecule has 0 bridgehead atoms. The first-order valence-electron chi connectivity index (χ1n) is 6.42. The Labute approximate surface area is 117 Å². The average molecular weight is 271 g/mol. The number of pyridine rings is 1. The summed E-state index contributed by atoms with van der Waals surface area (Å²) in [5, 5.41) is 3.03. The molecule has 1 amide bonds. The fraction of sp³-hybridized carbons (Fsp3) is 0.286. The Morgan fingerprint density at radius 3 is 2.90 bits per heavy atom. The summed E-state index contributed by atoms with van der Waals surface area (Å²) in [4.78, 5) is 26.3. The van der Waals surface area contributed by atoms with Crippen LogP contribution in [0.3, 0.4) is 0 Å². The molecule has 0 unspecified atom stereocenters. The van der Waals surface area contributed by atoms with E-state index in [1.807, 2.05) is 25.1 Å². The molecule has 104 valence electrons. The van der Waals surface area contributed by atoms with Gasteiger partial charge in [0.2, 0.25) is 0 Å². The lowest BCUT2D eigenvalue weighted by Crippen LogP contribution is -2.27. The van der Waals surface area contributed by atoms with E-state index in [0.717, 1.165) is 12.2 Å². The van der Waals surface area contributed by atoms with Crippen LogP contribution in [0.5, 0.6) is 0 Å². The van der Waals surface area contributed by atoms with Gasteiger partial charge in [-0.05, 0) is 19.1 Å². The maximum atomic E-state index is 12.3. The summed E-state index contributed by atoms with van der Waals surface area (Å²) >= 11 is 0. The van der Waals surface area contributed by atoms with Gasteiger partial charge in [-0.15, -0.1) is 0 Å². The van der Waals surface area contributed by atoms with Crippen molar-refractivity contribution in [2.75, 3.05) is 18.9 Å². The Morgan fingerprint density at radius 2 is 2.20 bits per heavy atom. The molecule has 2 aromatic rings. The van der Waals surface area contributed by atoms with E-state index in [-0.39, 0.29) is 5.91 Å². The van der Waals surface area contributed by atoms with Crippen LogP contribution in [0.2, 0.25) is 0 Å². The average Bonchev–Trinajstić information content (AvgIpc) is 2.48. The minimum absolute atomic E-state index is 0.178. The molecular formula is C14H17N5O. The number of carbonyl (C=O) groups excluding carboxylic acids is 1. The van der Waals surface area contributed by atoms with Crippen molar-refractivity contribution in [3.8, 4) is 0 Å². The smallest absolute Gasteiger partial charge is 0.274 e. The van der Waals surface area contributed by atoms with Gasteiger partial charge in [0.15, 0.2) is 0 Å². The molecular weight excluding hydrogens is 254 g/mol. The number of nitrogens with one attached hydrogen (secondary N) is 1. The Kier molecular flexibility index (Phi) is 4.60. The molecule has 0 aliphatic rings. The van der Waals surface area contributed by atoms with Crippen LogP contribution in [0, 0.1) is 0 Å². The van der Waals surface area contributed by atoms with Gasteiger partial charge in [0, 0.05) is 19.8 Å². The molecule has 20 heavy (non-hydrogen) atoms. The molecule has 0 aromatic carbocycles. The summed E-state index contributed by atoms with van der Waals surface area (Å²) in [7, 11) is 1.72. The van der Waals surface area contributed by atoms with Crippen molar-refractivity contribution in [3.05, 3.63) is 48.2 Å². The lowest BCUT2D eigenvalue weighted by molar-refractivity contribution is 0.0777. The monoisotopic (exact) mass is 271 g/mol. The summed E-state index contributed by atoms with van der Waals surface area (Å²) in [6, 6.07) is 5.62. The van der Waals surface area contributed by atoms with E-state index < -0.39 is 0 Å². The molecule has 6 nitrogen and oxygen atoms in total. The molecule has 6 heteroatoms. The number of rotatable bonds is 5. The van der Waals surface area contributed by atoms with Gasteiger partial charge in [-0.3, -0.25) is 14.8 Å². The third-order valence-corrected chi connectivity index (χ3v) is 2.68. The van der Waals surface area contributed by atoms with Gasteiger partial charge in [0.25, 0.3) is 5.91 Å². The normalized spacial score (nSPS) is 10.1. The maximum Gasteiger partial charge on any atom is 0.274 e. The van der Waals surface area contributed by atoms with E-state index in [1.165, 1.54) is 6.20 Å². The Hall–Kier alpha value is -2.50. The summed E-state index contributed by atoms with van der Waals surface area (Å²) in [5.74, 6) is 0.424. The third kappa shape index (κ3) is 3.50. The highest BCUT2D eigenvalue weighted by molar-refractivity contribution is 5.92. The Morgan fingerprint density at radius 1 is 1.35 bits per heavy atom. The zero-order valence-corrected chi connectivity index (χ0v) is 11.6. The van der Waals surface area contributed by atoms with E-state index >= 15 is 0 Å². The first kappa shape index (κ1) is 13.9. The van der Waals surface area contributed by atoms with E-state index in [9.17, 15) is 4.79 Å². The number of hydrogen-bond acceptors (Lipinski definition) is 5. The van der Waals surface area contributed by atoms with Gasteiger partial charge in [-0.25, -0.2) is 4.98 Å². The summed E-state index contributed by atoms with van der Waals surface area (Å²) < 4.78 is 0. The van der Waals surface area contributed by atoms with Crippen LogP contribution >= 0.6 is 0 Å². The topological polar surface area (TPSA) is 71.0 Å². The third-order valence-electron chi connectivity index (χ3n) is 2.68. The Bertz CT molecular complexity index is 573. The summed E-state index contributed by atoms with van der Waals surface area (Å²) in [6.07, 6.45) is 4.77. The number of aromatic nitrogens is 3. The maximum absolute atomic E-state index is 12.3. The quantitative estimate of drug-likeness (QED) is 0.894. The highest BCUT2D eigenvalue weighted by Gasteiger charge is 2.14. The number of amides is 1. The number of anilines is 1. The van der Waals surface area contributed by atoms with Gasteiger partial charge < -0.3 is 10.2 Å². The van der Waals surface area contributed by atoms with Gasteiger partial charge in [0.05, 0.1) is 24.6 Å². The van der Waals surface area contributed by atoms with Crippen LogP contribution in [0.25, 0.3) is 0 Å². The van der Waals surface area contributed by atoms with Crippen LogP contribution < -0.4 is 5.32 Å². The number of carbonyl (C=O) groups is 1. The molecule has 0 fully saturated rings. The second-order valence-corrected chi connectivity index (χ2v) is 4.30. The van der Waals surface area contributed by atoms with Crippen molar-refractivity contribution in [1.29, 1.82) is 0 Å². The Balaban J connectivity index is 2.08. The molecule has 0 aliphatic heterocycles. The van der Waals surface area contributed by atoms with Gasteiger partial charge in [0.1, 0.15) is 11.5 Å². The van der Waals surface area contributed by atoms with Crippen LogP contribution in [0.1, 0.15) is 23.1 Å². The fourth-order valence-corrected chi connectivity index (χ4v) is 1.74. The molecule has 0 radical (unpaired) electrons. The zero-order valence-electron chi connectivity index (χ0n) is 11.6. The van der Waals surface area contributed by atoms with Gasteiger partial charge >= 0.3 is 0 Å². The first-order chi connectivity index (χ1) is 9.70. The highest BCUT2D eigenvalue weighted by Crippen LogP contribution is 2.07. The fourth-order valence-electron chi connectivity index (χ4n) is 1.74. The lowest BCUT2D eigenvalue weighted by atomic mass is 10.3. The molecule has 2 aromatic heterocycles.